The average molecular weight is 241 g/mol. The number of carbonyl (C=O) groups is 2. The maximum absolute atomic E-state index is 10.8. The van der Waals surface area contributed by atoms with E-state index in [-0.39, 0.29) is 17.6 Å². The molecule has 6 nitrogen and oxygen atoms in total. The molecule has 1 rings (SSSR count). The summed E-state index contributed by atoms with van der Waals surface area (Å²) < 4.78 is 4.48. The number of methoxy groups -OCH3 is 1. The van der Waals surface area contributed by atoms with Crippen LogP contribution in [0.4, 0.5) is 5.82 Å². The zero-order valence-electron chi connectivity index (χ0n) is 8.89. The van der Waals surface area contributed by atoms with Crippen LogP contribution in [0.3, 0.4) is 0 Å². The van der Waals surface area contributed by atoms with Crippen LogP contribution >= 0.6 is 11.8 Å². The fraction of sp³-hybridized carbons (Fsp3) is 0.333. The molecule has 0 atom stereocenters. The monoisotopic (exact) mass is 241 g/mol. The first kappa shape index (κ1) is 12.4. The van der Waals surface area contributed by atoms with Crippen molar-refractivity contribution in [2.75, 3.05) is 18.2 Å². The highest BCUT2D eigenvalue weighted by Crippen LogP contribution is 2.15. The lowest BCUT2D eigenvalue weighted by atomic mass is 10.5. The van der Waals surface area contributed by atoms with Crippen LogP contribution < -0.4 is 5.32 Å². The van der Waals surface area contributed by atoms with Crippen LogP contribution in [0.5, 0.6) is 0 Å². The number of hydrogen-bond acceptors (Lipinski definition) is 6. The van der Waals surface area contributed by atoms with Crippen LogP contribution in [0.15, 0.2) is 17.2 Å². The first-order chi connectivity index (χ1) is 7.61. The number of nitrogens with one attached hydrogen (secondary N) is 1. The quantitative estimate of drug-likeness (QED) is 0.617. The number of anilines is 1. The van der Waals surface area contributed by atoms with Gasteiger partial charge in [0.15, 0.2) is 5.82 Å². The van der Waals surface area contributed by atoms with E-state index in [4.69, 9.17) is 0 Å². The number of carbonyl (C=O) groups excluding carboxylic acids is 2. The lowest BCUT2D eigenvalue weighted by molar-refractivity contribution is -0.137. The number of thioether (sulfide) groups is 1. The molecule has 0 aliphatic rings. The molecule has 1 aromatic heterocycles. The Labute approximate surface area is 96.8 Å². The standard InChI is InChI=1S/C9H11N3O3S/c1-6(13)10-7-3-4-8(12-11-7)16-5-9(14)15-2/h3-4H,5H2,1-2H3,(H,10,11,13). The molecule has 7 heteroatoms. The molecule has 1 heterocycles. The van der Waals surface area contributed by atoms with E-state index in [2.05, 4.69) is 20.3 Å². The predicted molar refractivity (Wildman–Crippen MR) is 59.1 cm³/mol. The largest absolute Gasteiger partial charge is 0.468 e. The van der Waals surface area contributed by atoms with Gasteiger partial charge in [-0.25, -0.2) is 0 Å². The molecule has 0 spiro atoms. The van der Waals surface area contributed by atoms with Crippen LogP contribution in [0.2, 0.25) is 0 Å². The van der Waals surface area contributed by atoms with E-state index in [9.17, 15) is 9.59 Å². The van der Waals surface area contributed by atoms with Crippen molar-refractivity contribution in [3.8, 4) is 0 Å². The van der Waals surface area contributed by atoms with Gasteiger partial charge >= 0.3 is 5.97 Å². The van der Waals surface area contributed by atoms with Crippen LogP contribution in [0, 0.1) is 0 Å². The highest BCUT2D eigenvalue weighted by atomic mass is 32.2. The Hall–Kier alpha value is -1.63. The van der Waals surface area contributed by atoms with Gasteiger partial charge < -0.3 is 10.1 Å². The molecule has 0 aliphatic heterocycles. The second-order valence-corrected chi connectivity index (χ2v) is 3.80. The van der Waals surface area contributed by atoms with Gasteiger partial charge in [0.2, 0.25) is 5.91 Å². The van der Waals surface area contributed by atoms with Crippen molar-refractivity contribution in [3.63, 3.8) is 0 Å². The number of aromatic nitrogens is 2. The van der Waals surface area contributed by atoms with E-state index >= 15 is 0 Å². The molecule has 1 N–H and O–H groups in total. The van der Waals surface area contributed by atoms with Crippen LogP contribution in [-0.2, 0) is 14.3 Å². The Balaban J connectivity index is 2.51. The van der Waals surface area contributed by atoms with Crippen molar-refractivity contribution >= 4 is 29.5 Å². The zero-order chi connectivity index (χ0) is 12.0. The maximum atomic E-state index is 10.8. The lowest BCUT2D eigenvalue weighted by Gasteiger charge is -2.01. The molecular weight excluding hydrogens is 230 g/mol. The Morgan fingerprint density at radius 1 is 1.44 bits per heavy atom. The number of hydrogen-bond donors (Lipinski definition) is 1. The van der Waals surface area contributed by atoms with Gasteiger partial charge in [-0.3, -0.25) is 9.59 Å². The summed E-state index contributed by atoms with van der Waals surface area (Å²) in [6, 6.07) is 3.29. The van der Waals surface area contributed by atoms with Crippen molar-refractivity contribution < 1.29 is 14.3 Å². The molecule has 1 amide bonds. The van der Waals surface area contributed by atoms with Gasteiger partial charge in [-0.2, -0.15) is 0 Å². The molecule has 0 unspecified atom stereocenters. The number of ether oxygens (including phenoxy) is 1. The molecule has 0 aliphatic carbocycles. The van der Waals surface area contributed by atoms with Crippen molar-refractivity contribution in [1.82, 2.24) is 10.2 Å². The summed E-state index contributed by atoms with van der Waals surface area (Å²) in [6.45, 7) is 1.39. The molecule has 0 aromatic carbocycles. The average Bonchev–Trinajstić information content (AvgIpc) is 2.27. The third-order valence-corrected chi connectivity index (χ3v) is 2.40. The fourth-order valence-electron chi connectivity index (χ4n) is 0.836. The fourth-order valence-corrected chi connectivity index (χ4v) is 1.48. The van der Waals surface area contributed by atoms with Crippen LogP contribution in [0.1, 0.15) is 6.92 Å². The van der Waals surface area contributed by atoms with Crippen LogP contribution in [0.25, 0.3) is 0 Å². The minimum atomic E-state index is -0.322. The summed E-state index contributed by atoms with van der Waals surface area (Å²) in [4.78, 5) is 21.6. The van der Waals surface area contributed by atoms with Crippen molar-refractivity contribution in [2.24, 2.45) is 0 Å². The third-order valence-electron chi connectivity index (χ3n) is 1.51. The zero-order valence-corrected chi connectivity index (χ0v) is 9.71. The molecular formula is C9H11N3O3S. The Morgan fingerprint density at radius 2 is 2.19 bits per heavy atom. The predicted octanol–water partition coefficient (Wildman–Crippen LogP) is 0.700. The molecule has 1 aromatic rings. The summed E-state index contributed by atoms with van der Waals surface area (Å²) in [5, 5.41) is 10.7. The Morgan fingerprint density at radius 3 is 2.69 bits per heavy atom. The van der Waals surface area contributed by atoms with Gasteiger partial charge in [0.25, 0.3) is 0 Å². The van der Waals surface area contributed by atoms with E-state index in [1.54, 1.807) is 12.1 Å². The van der Waals surface area contributed by atoms with Crippen molar-refractivity contribution in [2.45, 2.75) is 11.9 Å². The lowest BCUT2D eigenvalue weighted by Crippen LogP contribution is -2.08. The van der Waals surface area contributed by atoms with E-state index in [0.29, 0.717) is 10.8 Å². The second kappa shape index (κ2) is 6.06. The number of rotatable bonds is 4. The molecule has 0 radical (unpaired) electrons. The van der Waals surface area contributed by atoms with E-state index < -0.39 is 0 Å². The summed E-state index contributed by atoms with van der Waals surface area (Å²) in [5.74, 6) is 0.0434. The van der Waals surface area contributed by atoms with E-state index in [0.717, 1.165) is 0 Å². The first-order valence-corrected chi connectivity index (χ1v) is 5.41. The summed E-state index contributed by atoms with van der Waals surface area (Å²) in [5.41, 5.74) is 0. The highest BCUT2D eigenvalue weighted by molar-refractivity contribution is 7.99. The molecule has 0 bridgehead atoms. The van der Waals surface area contributed by atoms with Gasteiger partial charge in [0, 0.05) is 6.92 Å². The third kappa shape index (κ3) is 4.26. The van der Waals surface area contributed by atoms with Crippen molar-refractivity contribution in [3.05, 3.63) is 12.1 Å². The smallest absolute Gasteiger partial charge is 0.316 e. The molecule has 0 saturated heterocycles. The van der Waals surface area contributed by atoms with Gasteiger partial charge in [-0.1, -0.05) is 11.8 Å². The maximum Gasteiger partial charge on any atom is 0.316 e. The van der Waals surface area contributed by atoms with E-state index in [1.165, 1.54) is 25.8 Å². The number of nitrogens with zero attached hydrogens (tertiary/aromatic N) is 2. The van der Waals surface area contributed by atoms with E-state index in [1.807, 2.05) is 0 Å². The minimum Gasteiger partial charge on any atom is -0.468 e. The Kier molecular flexibility index (Phi) is 4.71. The summed E-state index contributed by atoms with van der Waals surface area (Å²) in [7, 11) is 1.33. The van der Waals surface area contributed by atoms with Gasteiger partial charge in [-0.05, 0) is 12.1 Å². The molecule has 0 fully saturated rings. The van der Waals surface area contributed by atoms with Gasteiger partial charge in [-0.15, -0.1) is 10.2 Å². The summed E-state index contributed by atoms with van der Waals surface area (Å²) in [6.07, 6.45) is 0. The topological polar surface area (TPSA) is 81.2 Å². The Bertz CT molecular complexity index is 380. The van der Waals surface area contributed by atoms with Crippen LogP contribution in [-0.4, -0.2) is 34.9 Å². The summed E-state index contributed by atoms with van der Waals surface area (Å²) >= 11 is 1.22. The molecule has 0 saturated carbocycles. The normalized spacial score (nSPS) is 9.62. The molecule has 86 valence electrons. The molecule has 16 heavy (non-hydrogen) atoms. The number of esters is 1. The van der Waals surface area contributed by atoms with Gasteiger partial charge in [0.05, 0.1) is 12.9 Å². The second-order valence-electron chi connectivity index (χ2n) is 2.80. The SMILES string of the molecule is COC(=O)CSc1ccc(NC(C)=O)nn1. The van der Waals surface area contributed by atoms with Gasteiger partial charge in [0.1, 0.15) is 5.03 Å². The first-order valence-electron chi connectivity index (χ1n) is 4.42. The minimum absolute atomic E-state index is 0.185. The number of amides is 1. The highest BCUT2D eigenvalue weighted by Gasteiger charge is 2.04. The van der Waals surface area contributed by atoms with Crippen molar-refractivity contribution in [1.29, 1.82) is 0 Å².